The molecule has 0 amide bonds. The third-order valence-corrected chi connectivity index (χ3v) is 6.90. The summed E-state index contributed by atoms with van der Waals surface area (Å²) in [7, 11) is 0. The summed E-state index contributed by atoms with van der Waals surface area (Å²) in [6.45, 7) is 23.2. The van der Waals surface area contributed by atoms with Crippen LogP contribution in [0.1, 0.15) is 82.1 Å². The Labute approximate surface area is 146 Å². The largest absolute Gasteiger partial charge is 0.0736 e. The first-order chi connectivity index (χ1) is 8.92. The summed E-state index contributed by atoms with van der Waals surface area (Å²) in [5, 5.41) is 0. The molecule has 0 spiro atoms. The summed E-state index contributed by atoms with van der Waals surface area (Å²) in [6.07, 6.45) is 2.61. The van der Waals surface area contributed by atoms with Gasteiger partial charge in [-0.2, -0.15) is 0 Å². The fourth-order valence-corrected chi connectivity index (χ4v) is 3.57. The molecule has 0 fully saturated rings. The average Bonchev–Trinajstić information content (AvgIpc) is 2.62. The average molecular weight is 378 g/mol. The Hall–Kier alpha value is 0.103. The van der Waals surface area contributed by atoms with E-state index in [1.807, 2.05) is 0 Å². The SMILES string of the molecule is CC1=C(C)C(C)(C)C(C)C1.CC1=C(C)C(C)(C)C(C)C1.[Ru]. The minimum Gasteiger partial charge on any atom is -0.0736 e. The molecule has 0 saturated carbocycles. The number of hydrogen-bond acceptors (Lipinski definition) is 0. The zero-order valence-corrected chi connectivity index (χ0v) is 17.7. The van der Waals surface area contributed by atoms with Crippen molar-refractivity contribution in [3.8, 4) is 0 Å². The van der Waals surface area contributed by atoms with Crippen molar-refractivity contribution in [2.45, 2.75) is 82.1 Å². The van der Waals surface area contributed by atoms with Crippen LogP contribution in [-0.2, 0) is 19.5 Å². The summed E-state index contributed by atoms with van der Waals surface area (Å²) >= 11 is 0. The third-order valence-electron chi connectivity index (χ3n) is 6.90. The summed E-state index contributed by atoms with van der Waals surface area (Å²) in [5.41, 5.74) is 7.36. The number of hydrogen-bond donors (Lipinski definition) is 0. The van der Waals surface area contributed by atoms with E-state index in [0.717, 1.165) is 11.8 Å². The smallest absolute Gasteiger partial charge is 0 e. The Morgan fingerprint density at radius 1 is 0.667 bits per heavy atom. The van der Waals surface area contributed by atoms with Gasteiger partial charge in [-0.25, -0.2) is 0 Å². The molecule has 0 saturated heterocycles. The first-order valence-electron chi connectivity index (χ1n) is 8.26. The van der Waals surface area contributed by atoms with Crippen LogP contribution in [-0.4, -0.2) is 0 Å². The van der Waals surface area contributed by atoms with Gasteiger partial charge >= 0.3 is 0 Å². The minimum absolute atomic E-state index is 0. The van der Waals surface area contributed by atoms with Gasteiger partial charge in [-0.1, -0.05) is 63.8 Å². The van der Waals surface area contributed by atoms with Crippen LogP contribution in [0, 0.1) is 22.7 Å². The maximum atomic E-state index is 2.35. The first-order valence-corrected chi connectivity index (χ1v) is 8.26. The number of allylic oxidation sites excluding steroid dienone is 4. The Bertz CT molecular complexity index is 393. The standard InChI is InChI=1S/2C10H18.Ru/c2*1-7-6-8(2)10(4,5)9(7)3;/h2*8H,6H2,1-5H3;. The molecule has 2 aliphatic carbocycles. The van der Waals surface area contributed by atoms with E-state index in [0.29, 0.717) is 10.8 Å². The van der Waals surface area contributed by atoms with Gasteiger partial charge in [0.25, 0.3) is 0 Å². The quantitative estimate of drug-likeness (QED) is 0.322. The molecule has 2 rings (SSSR count). The maximum absolute atomic E-state index is 2.35. The Morgan fingerprint density at radius 3 is 0.952 bits per heavy atom. The predicted molar refractivity (Wildman–Crippen MR) is 91.9 cm³/mol. The van der Waals surface area contributed by atoms with Crippen LogP contribution in [0.3, 0.4) is 0 Å². The van der Waals surface area contributed by atoms with Crippen molar-refractivity contribution in [2.24, 2.45) is 22.7 Å². The van der Waals surface area contributed by atoms with Crippen molar-refractivity contribution >= 4 is 0 Å². The van der Waals surface area contributed by atoms with Crippen LogP contribution >= 0.6 is 0 Å². The van der Waals surface area contributed by atoms with Crippen LogP contribution in [0.15, 0.2) is 22.3 Å². The van der Waals surface area contributed by atoms with Gasteiger partial charge in [0, 0.05) is 19.5 Å². The van der Waals surface area contributed by atoms with Gasteiger partial charge in [0.1, 0.15) is 0 Å². The second kappa shape index (κ2) is 7.12. The van der Waals surface area contributed by atoms with Crippen LogP contribution in [0.4, 0.5) is 0 Å². The van der Waals surface area contributed by atoms with Crippen molar-refractivity contribution in [3.05, 3.63) is 22.3 Å². The molecule has 2 aliphatic rings. The molecule has 0 nitrogen and oxygen atoms in total. The van der Waals surface area contributed by atoms with Gasteiger partial charge in [0.2, 0.25) is 0 Å². The van der Waals surface area contributed by atoms with Crippen molar-refractivity contribution in [3.63, 3.8) is 0 Å². The molecule has 124 valence electrons. The molecule has 0 N–H and O–H groups in total. The van der Waals surface area contributed by atoms with E-state index in [4.69, 9.17) is 0 Å². The molecule has 0 aromatic heterocycles. The molecule has 0 radical (unpaired) electrons. The molecule has 0 aliphatic heterocycles. The predicted octanol–water partition coefficient (Wildman–Crippen LogP) is 6.78. The monoisotopic (exact) mass is 378 g/mol. The van der Waals surface area contributed by atoms with Crippen molar-refractivity contribution in [1.82, 2.24) is 0 Å². The first kappa shape index (κ1) is 21.1. The maximum Gasteiger partial charge on any atom is 0 e. The van der Waals surface area contributed by atoms with E-state index < -0.39 is 0 Å². The van der Waals surface area contributed by atoms with Gasteiger partial charge in [-0.15, -0.1) is 0 Å². The fourth-order valence-electron chi connectivity index (χ4n) is 3.57. The van der Waals surface area contributed by atoms with E-state index in [9.17, 15) is 0 Å². The van der Waals surface area contributed by atoms with E-state index in [-0.39, 0.29) is 19.5 Å². The molecular weight excluding hydrogens is 341 g/mol. The van der Waals surface area contributed by atoms with Gasteiger partial charge in [0.05, 0.1) is 0 Å². The van der Waals surface area contributed by atoms with E-state index >= 15 is 0 Å². The van der Waals surface area contributed by atoms with Crippen molar-refractivity contribution in [2.75, 3.05) is 0 Å². The van der Waals surface area contributed by atoms with Gasteiger partial charge in [-0.05, 0) is 63.2 Å². The third kappa shape index (κ3) is 4.10. The van der Waals surface area contributed by atoms with Crippen molar-refractivity contribution in [1.29, 1.82) is 0 Å². The second-order valence-corrected chi connectivity index (χ2v) is 8.46. The van der Waals surface area contributed by atoms with Gasteiger partial charge < -0.3 is 0 Å². The molecule has 0 aromatic rings. The summed E-state index contributed by atoms with van der Waals surface area (Å²) in [4.78, 5) is 0. The van der Waals surface area contributed by atoms with Crippen LogP contribution in [0.25, 0.3) is 0 Å². The zero-order chi connectivity index (χ0) is 15.9. The Balaban J connectivity index is 0.000000364. The van der Waals surface area contributed by atoms with E-state index in [1.54, 1.807) is 22.3 Å². The molecule has 1 heteroatoms. The van der Waals surface area contributed by atoms with Gasteiger partial charge in [-0.3, -0.25) is 0 Å². The topological polar surface area (TPSA) is 0 Å². The Morgan fingerprint density at radius 2 is 0.905 bits per heavy atom. The second-order valence-electron chi connectivity index (χ2n) is 8.46. The fraction of sp³-hybridized carbons (Fsp3) is 0.800. The van der Waals surface area contributed by atoms with E-state index in [1.165, 1.54) is 12.8 Å². The molecule has 0 heterocycles. The summed E-state index contributed by atoms with van der Waals surface area (Å²) < 4.78 is 0. The van der Waals surface area contributed by atoms with Crippen LogP contribution in [0.2, 0.25) is 0 Å². The van der Waals surface area contributed by atoms with E-state index in [2.05, 4.69) is 69.2 Å². The molecule has 2 unspecified atom stereocenters. The molecule has 21 heavy (non-hydrogen) atoms. The normalized spacial score (nSPS) is 30.0. The molecule has 2 atom stereocenters. The number of rotatable bonds is 0. The van der Waals surface area contributed by atoms with Crippen LogP contribution in [0.5, 0.6) is 0 Å². The summed E-state index contributed by atoms with van der Waals surface area (Å²) in [6, 6.07) is 0. The zero-order valence-electron chi connectivity index (χ0n) is 15.9. The summed E-state index contributed by atoms with van der Waals surface area (Å²) in [5.74, 6) is 1.68. The molecular formula is C20H36Ru. The molecule has 0 bridgehead atoms. The van der Waals surface area contributed by atoms with Gasteiger partial charge in [0.15, 0.2) is 0 Å². The Kier molecular flexibility index (Phi) is 7.15. The van der Waals surface area contributed by atoms with Crippen LogP contribution < -0.4 is 0 Å². The van der Waals surface area contributed by atoms with Crippen molar-refractivity contribution < 1.29 is 19.5 Å². The minimum atomic E-state index is 0. The molecule has 0 aromatic carbocycles.